The molecule has 10 heteroatoms. The minimum Gasteiger partial charge on any atom is -0.323 e. The van der Waals surface area contributed by atoms with Crippen LogP contribution in [0.15, 0.2) is 58.4 Å². The van der Waals surface area contributed by atoms with Crippen LogP contribution in [0.3, 0.4) is 0 Å². The number of H-pyrrole nitrogens is 1. The fraction of sp³-hybridized carbons (Fsp3) is 0.158. The quantitative estimate of drug-likeness (QED) is 0.346. The lowest BCUT2D eigenvalue weighted by Gasteiger charge is -2.00. The molecule has 3 aromatic rings. The lowest BCUT2D eigenvalue weighted by atomic mass is 10.2. The van der Waals surface area contributed by atoms with Gasteiger partial charge in [-0.15, -0.1) is 0 Å². The Morgan fingerprint density at radius 1 is 1.14 bits per heavy atom. The molecule has 0 atom stereocenters. The highest BCUT2D eigenvalue weighted by Gasteiger charge is 2.12. The molecule has 0 aliphatic rings. The number of aryl methyl sites for hydroxylation is 1. The summed E-state index contributed by atoms with van der Waals surface area (Å²) in [4.78, 5) is 22.7. The van der Waals surface area contributed by atoms with E-state index in [1.807, 2.05) is 14.1 Å². The van der Waals surface area contributed by atoms with Crippen LogP contribution in [0.2, 0.25) is 0 Å². The summed E-state index contributed by atoms with van der Waals surface area (Å²) in [6.45, 7) is 1.71. The number of aromatic amines is 1. The number of non-ortho nitro benzene ring substituents is 1. The van der Waals surface area contributed by atoms with Gasteiger partial charge in [0.2, 0.25) is 0 Å². The Kier molecular flexibility index (Phi) is 7.38. The van der Waals surface area contributed by atoms with Crippen molar-refractivity contribution in [3.05, 3.63) is 86.1 Å². The zero-order valence-corrected chi connectivity index (χ0v) is 16.1. The molecule has 152 valence electrons. The number of hydrogen-bond donors (Lipinski definition) is 3. The van der Waals surface area contributed by atoms with Gasteiger partial charge in [0.15, 0.2) is 0 Å². The molecule has 1 heterocycles. The van der Waals surface area contributed by atoms with Gasteiger partial charge in [0, 0.05) is 17.8 Å². The highest BCUT2D eigenvalue weighted by atomic mass is 19.1. The first-order valence-electron chi connectivity index (χ1n) is 8.57. The number of nitro groups is 1. The predicted octanol–water partition coefficient (Wildman–Crippen LogP) is 2.80. The number of benzene rings is 2. The van der Waals surface area contributed by atoms with Gasteiger partial charge in [0.05, 0.1) is 28.1 Å². The van der Waals surface area contributed by atoms with Crippen LogP contribution in [0.25, 0.3) is 5.69 Å². The summed E-state index contributed by atoms with van der Waals surface area (Å²) < 4.78 is 14.1. The number of hydrogen-bond acceptors (Lipinski definition) is 6. The first kappa shape index (κ1) is 21.5. The molecule has 0 amide bonds. The Bertz CT molecular complexity index is 1040. The molecule has 0 aliphatic heterocycles. The molecule has 0 bridgehead atoms. The summed E-state index contributed by atoms with van der Waals surface area (Å²) in [6, 6.07) is 11.2. The van der Waals surface area contributed by atoms with Gasteiger partial charge >= 0.3 is 0 Å². The zero-order valence-electron chi connectivity index (χ0n) is 16.1. The number of anilines is 1. The normalized spacial score (nSPS) is 10.5. The van der Waals surface area contributed by atoms with Crippen molar-refractivity contribution in [3.8, 4) is 5.69 Å². The third-order valence-electron chi connectivity index (χ3n) is 3.67. The number of hydrazone groups is 1. The number of aromatic nitrogens is 2. The molecule has 9 nitrogen and oxygen atoms in total. The molecule has 3 N–H and O–H groups in total. The summed E-state index contributed by atoms with van der Waals surface area (Å²) in [5, 5.41) is 20.3. The monoisotopic (exact) mass is 400 g/mol. The van der Waals surface area contributed by atoms with Gasteiger partial charge < -0.3 is 5.32 Å². The Morgan fingerprint density at radius 2 is 1.72 bits per heavy atom. The van der Waals surface area contributed by atoms with Crippen LogP contribution in [0.5, 0.6) is 0 Å². The van der Waals surface area contributed by atoms with Crippen molar-refractivity contribution in [1.29, 1.82) is 0 Å². The smallest absolute Gasteiger partial charge is 0.280 e. The van der Waals surface area contributed by atoms with E-state index < -0.39 is 4.92 Å². The second kappa shape index (κ2) is 9.95. The molecule has 29 heavy (non-hydrogen) atoms. The van der Waals surface area contributed by atoms with E-state index in [1.54, 1.807) is 6.92 Å². The van der Waals surface area contributed by atoms with Gasteiger partial charge in [-0.25, -0.2) is 9.07 Å². The Balaban J connectivity index is 0.000000941. The number of nitrogens with zero attached hydrogens (tertiary/aromatic N) is 3. The molecule has 0 saturated heterocycles. The fourth-order valence-corrected chi connectivity index (χ4v) is 2.31. The van der Waals surface area contributed by atoms with E-state index in [0.29, 0.717) is 22.6 Å². The van der Waals surface area contributed by atoms with E-state index in [-0.39, 0.29) is 17.1 Å². The third kappa shape index (κ3) is 5.59. The molecular weight excluding hydrogens is 379 g/mol. The number of nitro benzene ring substituents is 1. The maximum Gasteiger partial charge on any atom is 0.280 e. The molecule has 3 rings (SSSR count). The van der Waals surface area contributed by atoms with Crippen molar-refractivity contribution in [2.24, 2.45) is 5.10 Å². The fourth-order valence-electron chi connectivity index (χ4n) is 2.31. The lowest BCUT2D eigenvalue weighted by Crippen LogP contribution is -2.17. The van der Waals surface area contributed by atoms with Crippen molar-refractivity contribution in [2.75, 3.05) is 19.5 Å². The first-order chi connectivity index (χ1) is 13.9. The maximum absolute atomic E-state index is 12.9. The molecule has 2 aromatic carbocycles. The molecule has 0 aliphatic carbocycles. The summed E-state index contributed by atoms with van der Waals surface area (Å²) in [7, 11) is 3.75. The molecule has 0 saturated carbocycles. The summed E-state index contributed by atoms with van der Waals surface area (Å²) in [5.41, 5.74) is 4.26. The largest absolute Gasteiger partial charge is 0.323 e. The van der Waals surface area contributed by atoms with E-state index in [2.05, 4.69) is 20.9 Å². The minimum atomic E-state index is -0.508. The lowest BCUT2D eigenvalue weighted by molar-refractivity contribution is -0.384. The van der Waals surface area contributed by atoms with E-state index in [4.69, 9.17) is 0 Å². The van der Waals surface area contributed by atoms with Gasteiger partial charge in [0.25, 0.3) is 11.2 Å². The van der Waals surface area contributed by atoms with Crippen LogP contribution < -0.4 is 16.3 Å². The van der Waals surface area contributed by atoms with Gasteiger partial charge in [-0.05, 0) is 57.4 Å². The second-order valence-corrected chi connectivity index (χ2v) is 5.94. The highest BCUT2D eigenvalue weighted by molar-refractivity contribution is 5.81. The molecule has 1 aromatic heterocycles. The number of nitrogens with one attached hydrogen (secondary N) is 3. The van der Waals surface area contributed by atoms with E-state index in [1.165, 1.54) is 59.4 Å². The van der Waals surface area contributed by atoms with Crippen LogP contribution in [0.1, 0.15) is 11.3 Å². The Morgan fingerprint density at radius 3 is 2.28 bits per heavy atom. The number of halogens is 1. The van der Waals surface area contributed by atoms with E-state index >= 15 is 0 Å². The molecule has 0 fully saturated rings. The number of rotatable bonds is 5. The van der Waals surface area contributed by atoms with Crippen molar-refractivity contribution in [3.63, 3.8) is 0 Å². The summed E-state index contributed by atoms with van der Waals surface area (Å²) in [5.74, 6) is -0.355. The Labute approximate surface area is 166 Å². The summed E-state index contributed by atoms with van der Waals surface area (Å²) in [6.07, 6.45) is 1.36. The molecule has 0 radical (unpaired) electrons. The maximum atomic E-state index is 12.9. The second-order valence-electron chi connectivity index (χ2n) is 5.94. The average Bonchev–Trinajstić information content (AvgIpc) is 2.98. The van der Waals surface area contributed by atoms with Crippen LogP contribution in [-0.4, -0.2) is 35.0 Å². The summed E-state index contributed by atoms with van der Waals surface area (Å²) >= 11 is 0. The highest BCUT2D eigenvalue weighted by Crippen LogP contribution is 2.14. The van der Waals surface area contributed by atoms with E-state index in [0.717, 1.165) is 0 Å². The van der Waals surface area contributed by atoms with Gasteiger partial charge in [-0.3, -0.25) is 25.4 Å². The zero-order chi connectivity index (χ0) is 21.4. The minimum absolute atomic E-state index is 0.0599. The van der Waals surface area contributed by atoms with Crippen molar-refractivity contribution in [2.45, 2.75) is 6.92 Å². The van der Waals surface area contributed by atoms with Crippen molar-refractivity contribution in [1.82, 2.24) is 15.1 Å². The molecule has 0 unspecified atom stereocenters. The van der Waals surface area contributed by atoms with Gasteiger partial charge in [-0.1, -0.05) is 0 Å². The van der Waals surface area contributed by atoms with Gasteiger partial charge in [0.1, 0.15) is 5.82 Å². The van der Waals surface area contributed by atoms with Crippen molar-refractivity contribution >= 4 is 17.6 Å². The first-order valence-corrected chi connectivity index (χ1v) is 8.57. The standard InChI is InChI=1S/C17H14FN5O3.C2H7N/c1-11-16(10-19-20-13-4-2-12(18)3-5-13)17(24)22(21-11)14-6-8-15(9-7-14)23(25)26;1-3-2/h2-10,20-21H,1H3;3H,1-2H3/b19-10+;. The predicted molar refractivity (Wildman–Crippen MR) is 110 cm³/mol. The van der Waals surface area contributed by atoms with Crippen LogP contribution in [-0.2, 0) is 0 Å². The topological polar surface area (TPSA) is 117 Å². The third-order valence-corrected chi connectivity index (χ3v) is 3.67. The molecule has 0 spiro atoms. The average molecular weight is 400 g/mol. The van der Waals surface area contributed by atoms with Crippen LogP contribution in [0.4, 0.5) is 15.8 Å². The van der Waals surface area contributed by atoms with Crippen molar-refractivity contribution < 1.29 is 9.31 Å². The SMILES string of the molecule is CNC.Cc1[nH]n(-c2ccc([N+](=O)[O-])cc2)c(=O)c1/C=N/Nc1ccc(F)cc1. The van der Waals surface area contributed by atoms with Crippen LogP contribution >= 0.6 is 0 Å². The van der Waals surface area contributed by atoms with Crippen LogP contribution in [0, 0.1) is 22.9 Å². The van der Waals surface area contributed by atoms with Gasteiger partial charge in [-0.2, -0.15) is 5.10 Å². The Hall–Kier alpha value is -3.79. The van der Waals surface area contributed by atoms with E-state index in [9.17, 15) is 19.3 Å². The molecular formula is C19H21FN6O3.